The van der Waals surface area contributed by atoms with Crippen LogP contribution in [0.5, 0.6) is 0 Å². The molecule has 0 radical (unpaired) electrons. The van der Waals surface area contributed by atoms with Crippen molar-refractivity contribution in [1.29, 1.82) is 0 Å². The number of ether oxygens (including phenoxy) is 1. The average molecular weight is 183 g/mol. The summed E-state index contributed by atoms with van der Waals surface area (Å²) in [6, 6.07) is 0.758. The molecule has 0 bridgehead atoms. The Labute approximate surface area is 81.3 Å². The van der Waals surface area contributed by atoms with Crippen LogP contribution in [-0.4, -0.2) is 37.2 Å². The van der Waals surface area contributed by atoms with Crippen molar-refractivity contribution in [2.75, 3.05) is 26.3 Å². The highest BCUT2D eigenvalue weighted by atomic mass is 16.5. The van der Waals surface area contributed by atoms with Gasteiger partial charge < -0.3 is 4.74 Å². The number of hydrogen-bond donors (Lipinski definition) is 0. The van der Waals surface area contributed by atoms with Crippen molar-refractivity contribution in [3.63, 3.8) is 0 Å². The number of likely N-dealkylation sites (tertiary alicyclic amines) is 1. The Balaban J connectivity index is 1.79. The third-order valence-corrected chi connectivity index (χ3v) is 3.84. The summed E-state index contributed by atoms with van der Waals surface area (Å²) in [4.78, 5) is 2.63. The summed E-state index contributed by atoms with van der Waals surface area (Å²) in [5, 5.41) is 0. The Hall–Kier alpha value is -0.0800. The van der Waals surface area contributed by atoms with Gasteiger partial charge in [0.05, 0.1) is 19.3 Å². The molecular formula is C11H21NO. The summed E-state index contributed by atoms with van der Waals surface area (Å²) in [6.07, 6.45) is 2.74. The van der Waals surface area contributed by atoms with Gasteiger partial charge in [0.2, 0.25) is 0 Å². The van der Waals surface area contributed by atoms with E-state index >= 15 is 0 Å². The highest BCUT2D eigenvalue weighted by Gasteiger charge is 2.33. The normalized spacial score (nSPS) is 33.2. The zero-order valence-corrected chi connectivity index (χ0v) is 8.83. The molecule has 2 unspecified atom stereocenters. The van der Waals surface area contributed by atoms with Crippen molar-refractivity contribution in [2.45, 2.75) is 32.7 Å². The molecule has 2 nitrogen and oxygen atoms in total. The van der Waals surface area contributed by atoms with E-state index in [0.29, 0.717) is 0 Å². The first-order valence-electron chi connectivity index (χ1n) is 5.63. The van der Waals surface area contributed by atoms with E-state index in [0.717, 1.165) is 31.1 Å². The predicted octanol–water partition coefficient (Wildman–Crippen LogP) is 1.75. The summed E-state index contributed by atoms with van der Waals surface area (Å²) in [6.45, 7) is 9.29. The van der Waals surface area contributed by atoms with Crippen LogP contribution in [0.4, 0.5) is 0 Å². The number of rotatable bonds is 3. The van der Waals surface area contributed by atoms with Gasteiger partial charge in [0.25, 0.3) is 0 Å². The smallest absolute Gasteiger partial charge is 0.0645 e. The molecule has 2 atom stereocenters. The largest absolute Gasteiger partial charge is 0.378 e. The fourth-order valence-corrected chi connectivity index (χ4v) is 2.38. The van der Waals surface area contributed by atoms with E-state index in [2.05, 4.69) is 18.7 Å². The lowest BCUT2D eigenvalue weighted by Crippen LogP contribution is -2.48. The maximum Gasteiger partial charge on any atom is 0.0645 e. The number of nitrogens with zero attached hydrogens (tertiary/aromatic N) is 1. The lowest BCUT2D eigenvalue weighted by atomic mass is 9.91. The minimum atomic E-state index is 0.758. The first-order chi connectivity index (χ1) is 6.31. The summed E-state index contributed by atoms with van der Waals surface area (Å²) in [5.41, 5.74) is 0. The molecule has 0 saturated carbocycles. The van der Waals surface area contributed by atoms with Crippen LogP contribution in [0.25, 0.3) is 0 Å². The minimum Gasteiger partial charge on any atom is -0.378 e. The first-order valence-corrected chi connectivity index (χ1v) is 5.63. The molecule has 2 rings (SSSR count). The van der Waals surface area contributed by atoms with Crippen molar-refractivity contribution >= 4 is 0 Å². The molecule has 2 heterocycles. The third kappa shape index (κ3) is 1.89. The van der Waals surface area contributed by atoms with Crippen LogP contribution in [0.15, 0.2) is 0 Å². The van der Waals surface area contributed by atoms with Gasteiger partial charge in [-0.05, 0) is 24.8 Å². The Morgan fingerprint density at radius 3 is 2.77 bits per heavy atom. The molecule has 2 heteroatoms. The van der Waals surface area contributed by atoms with E-state index in [4.69, 9.17) is 4.74 Å². The molecule has 2 saturated heterocycles. The quantitative estimate of drug-likeness (QED) is 0.661. The molecular weight excluding hydrogens is 162 g/mol. The molecule has 0 aromatic carbocycles. The van der Waals surface area contributed by atoms with E-state index < -0.39 is 0 Å². The van der Waals surface area contributed by atoms with Gasteiger partial charge in [-0.15, -0.1) is 0 Å². The maximum atomic E-state index is 5.23. The van der Waals surface area contributed by atoms with E-state index in [-0.39, 0.29) is 0 Å². The SMILES string of the molecule is CCC(C)C1CCN(C2COC2)C1. The molecule has 0 N–H and O–H groups in total. The van der Waals surface area contributed by atoms with Crippen LogP contribution in [0.3, 0.4) is 0 Å². The van der Waals surface area contributed by atoms with Crippen LogP contribution in [0, 0.1) is 11.8 Å². The summed E-state index contributed by atoms with van der Waals surface area (Å²) >= 11 is 0. The fraction of sp³-hybridized carbons (Fsp3) is 1.00. The lowest BCUT2D eigenvalue weighted by molar-refractivity contribution is -0.0586. The van der Waals surface area contributed by atoms with Crippen molar-refractivity contribution in [1.82, 2.24) is 4.90 Å². The van der Waals surface area contributed by atoms with Gasteiger partial charge in [0.15, 0.2) is 0 Å². The van der Waals surface area contributed by atoms with E-state index in [1.807, 2.05) is 0 Å². The molecule has 2 aliphatic heterocycles. The van der Waals surface area contributed by atoms with Crippen LogP contribution >= 0.6 is 0 Å². The monoisotopic (exact) mass is 183 g/mol. The summed E-state index contributed by atoms with van der Waals surface area (Å²) < 4.78 is 5.23. The first kappa shape index (κ1) is 9.47. The molecule has 2 fully saturated rings. The predicted molar refractivity (Wildman–Crippen MR) is 53.7 cm³/mol. The van der Waals surface area contributed by atoms with Gasteiger partial charge in [0.1, 0.15) is 0 Å². The van der Waals surface area contributed by atoms with Gasteiger partial charge in [-0.1, -0.05) is 20.3 Å². The number of hydrogen-bond acceptors (Lipinski definition) is 2. The van der Waals surface area contributed by atoms with E-state index in [1.54, 1.807) is 0 Å². The topological polar surface area (TPSA) is 12.5 Å². The Bertz CT molecular complexity index is 157. The second-order valence-electron chi connectivity index (χ2n) is 4.62. The summed E-state index contributed by atoms with van der Waals surface area (Å²) in [7, 11) is 0. The molecule has 2 aliphatic rings. The van der Waals surface area contributed by atoms with Crippen molar-refractivity contribution in [2.24, 2.45) is 11.8 Å². The minimum absolute atomic E-state index is 0.758. The highest BCUT2D eigenvalue weighted by Crippen LogP contribution is 2.28. The van der Waals surface area contributed by atoms with Gasteiger partial charge in [-0.25, -0.2) is 0 Å². The van der Waals surface area contributed by atoms with Crippen molar-refractivity contribution < 1.29 is 4.74 Å². The Morgan fingerprint density at radius 1 is 1.46 bits per heavy atom. The molecule has 0 amide bonds. The molecule has 0 aromatic rings. The van der Waals surface area contributed by atoms with Crippen molar-refractivity contribution in [3.8, 4) is 0 Å². The van der Waals surface area contributed by atoms with E-state index in [9.17, 15) is 0 Å². The fourth-order valence-electron chi connectivity index (χ4n) is 2.38. The Kier molecular flexibility index (Phi) is 2.89. The molecule has 13 heavy (non-hydrogen) atoms. The van der Waals surface area contributed by atoms with E-state index in [1.165, 1.54) is 25.9 Å². The Morgan fingerprint density at radius 2 is 2.23 bits per heavy atom. The second kappa shape index (κ2) is 3.97. The summed E-state index contributed by atoms with van der Waals surface area (Å²) in [5.74, 6) is 1.86. The van der Waals surface area contributed by atoms with Gasteiger partial charge >= 0.3 is 0 Å². The average Bonchev–Trinajstić information content (AvgIpc) is 2.49. The van der Waals surface area contributed by atoms with Crippen LogP contribution in [0.2, 0.25) is 0 Å². The zero-order valence-electron chi connectivity index (χ0n) is 8.83. The standard InChI is InChI=1S/C11H21NO/c1-3-9(2)10-4-5-12(6-10)11-7-13-8-11/h9-11H,3-8H2,1-2H3. The van der Waals surface area contributed by atoms with Gasteiger partial charge in [-0.2, -0.15) is 0 Å². The van der Waals surface area contributed by atoms with Gasteiger partial charge in [-0.3, -0.25) is 4.90 Å². The molecule has 0 spiro atoms. The highest BCUT2D eigenvalue weighted by molar-refractivity contribution is 4.86. The van der Waals surface area contributed by atoms with Crippen LogP contribution in [-0.2, 0) is 4.74 Å². The molecule has 76 valence electrons. The van der Waals surface area contributed by atoms with Crippen LogP contribution in [0.1, 0.15) is 26.7 Å². The molecule has 0 aromatic heterocycles. The van der Waals surface area contributed by atoms with Crippen molar-refractivity contribution in [3.05, 3.63) is 0 Å². The maximum absolute atomic E-state index is 5.23. The van der Waals surface area contributed by atoms with Crippen LogP contribution < -0.4 is 0 Å². The lowest BCUT2D eigenvalue weighted by Gasteiger charge is -2.34. The zero-order chi connectivity index (χ0) is 9.26. The van der Waals surface area contributed by atoms with Gasteiger partial charge in [0, 0.05) is 6.54 Å². The second-order valence-corrected chi connectivity index (χ2v) is 4.62. The molecule has 0 aliphatic carbocycles. The third-order valence-electron chi connectivity index (χ3n) is 3.84.